The molecule has 0 N–H and O–H groups in total. The average molecular weight is 315 g/mol. The van der Waals surface area contributed by atoms with Crippen LogP contribution in [-0.2, 0) is 0 Å². The van der Waals surface area contributed by atoms with Crippen LogP contribution in [0.15, 0.2) is 47.6 Å². The first-order chi connectivity index (χ1) is 9.09. The van der Waals surface area contributed by atoms with Crippen LogP contribution < -0.4 is 4.90 Å². The van der Waals surface area contributed by atoms with Crippen molar-refractivity contribution in [1.82, 2.24) is 4.98 Å². The molecule has 1 aromatic heterocycles. The van der Waals surface area contributed by atoms with Crippen LogP contribution in [0.1, 0.15) is 21.5 Å². The molecule has 2 heterocycles. The van der Waals surface area contributed by atoms with Crippen molar-refractivity contribution in [2.45, 2.75) is 6.92 Å². The van der Waals surface area contributed by atoms with Gasteiger partial charge >= 0.3 is 0 Å². The Morgan fingerprint density at radius 3 is 2.58 bits per heavy atom. The van der Waals surface area contributed by atoms with Crippen LogP contribution in [0.4, 0.5) is 5.82 Å². The highest BCUT2D eigenvalue weighted by molar-refractivity contribution is 9.10. The summed E-state index contributed by atoms with van der Waals surface area (Å²) in [6.07, 6.45) is 1.69. The summed E-state index contributed by atoms with van der Waals surface area (Å²) in [5, 5.41) is 0. The maximum absolute atomic E-state index is 12.5. The number of pyridine rings is 1. The normalized spacial score (nSPS) is 13.9. The van der Waals surface area contributed by atoms with E-state index >= 15 is 0 Å². The third kappa shape index (κ3) is 1.79. The molecule has 4 heteroatoms. The highest BCUT2D eigenvalue weighted by Crippen LogP contribution is 2.36. The summed E-state index contributed by atoms with van der Waals surface area (Å²) in [6.45, 7) is 5.95. The van der Waals surface area contributed by atoms with Crippen molar-refractivity contribution in [3.8, 4) is 0 Å². The molecule has 3 rings (SSSR count). The Morgan fingerprint density at radius 2 is 1.95 bits per heavy atom. The van der Waals surface area contributed by atoms with Crippen molar-refractivity contribution >= 4 is 33.4 Å². The summed E-state index contributed by atoms with van der Waals surface area (Å²) >= 11 is 3.38. The Morgan fingerprint density at radius 1 is 1.26 bits per heavy atom. The molecular formula is C15H11BrN2O. The van der Waals surface area contributed by atoms with E-state index in [2.05, 4.69) is 27.5 Å². The van der Waals surface area contributed by atoms with E-state index in [-0.39, 0.29) is 5.91 Å². The number of aromatic nitrogens is 1. The van der Waals surface area contributed by atoms with Gasteiger partial charge in [0.1, 0.15) is 5.82 Å². The Bertz CT molecular complexity index is 674. The third-order valence-electron chi connectivity index (χ3n) is 3.17. The van der Waals surface area contributed by atoms with Gasteiger partial charge in [-0.2, -0.15) is 0 Å². The zero-order valence-corrected chi connectivity index (χ0v) is 11.9. The minimum Gasteiger partial charge on any atom is -0.268 e. The first kappa shape index (κ1) is 12.1. The zero-order valence-electron chi connectivity index (χ0n) is 10.4. The first-order valence-corrected chi connectivity index (χ1v) is 6.64. The molecule has 1 aliphatic rings. The van der Waals surface area contributed by atoms with E-state index in [1.807, 2.05) is 37.3 Å². The largest absolute Gasteiger partial charge is 0.268 e. The molecule has 1 amide bonds. The van der Waals surface area contributed by atoms with Crippen molar-refractivity contribution in [2.24, 2.45) is 0 Å². The molecule has 0 spiro atoms. The lowest BCUT2D eigenvalue weighted by molar-refractivity contribution is 0.100. The number of rotatable bonds is 1. The second kappa shape index (κ2) is 4.31. The lowest BCUT2D eigenvalue weighted by Crippen LogP contribution is -2.23. The van der Waals surface area contributed by atoms with Crippen molar-refractivity contribution in [2.75, 3.05) is 4.90 Å². The van der Waals surface area contributed by atoms with Gasteiger partial charge < -0.3 is 0 Å². The Labute approximate surface area is 119 Å². The average Bonchev–Trinajstić information content (AvgIpc) is 2.64. The van der Waals surface area contributed by atoms with E-state index in [1.54, 1.807) is 11.1 Å². The highest BCUT2D eigenvalue weighted by Gasteiger charge is 2.33. The fraction of sp³-hybridized carbons (Fsp3) is 0.0667. The van der Waals surface area contributed by atoms with Gasteiger partial charge in [-0.1, -0.05) is 24.8 Å². The smallest absolute Gasteiger partial charge is 0.264 e. The lowest BCUT2D eigenvalue weighted by Gasteiger charge is -2.18. The van der Waals surface area contributed by atoms with E-state index in [0.717, 1.165) is 15.6 Å². The van der Waals surface area contributed by atoms with Gasteiger partial charge in [0.15, 0.2) is 0 Å². The molecule has 0 radical (unpaired) electrons. The molecule has 1 aliphatic heterocycles. The number of halogens is 1. The standard InChI is InChI=1S/C15H11BrN2O/c1-9-7-11(16)8-17-14(9)18-10(2)12-5-3-4-6-13(12)15(18)19/h3-8H,2H2,1H3. The monoisotopic (exact) mass is 314 g/mol. The summed E-state index contributed by atoms with van der Waals surface area (Å²) in [5.74, 6) is 0.563. The highest BCUT2D eigenvalue weighted by atomic mass is 79.9. The number of amides is 1. The molecule has 0 aliphatic carbocycles. The number of carbonyl (C=O) groups is 1. The Hall–Kier alpha value is -1.94. The van der Waals surface area contributed by atoms with Crippen LogP contribution >= 0.6 is 15.9 Å². The van der Waals surface area contributed by atoms with Gasteiger partial charge in [0.05, 0.1) is 5.70 Å². The number of fused-ring (bicyclic) bond motifs is 1. The van der Waals surface area contributed by atoms with Crippen LogP contribution in [0, 0.1) is 6.92 Å². The number of benzene rings is 1. The number of hydrogen-bond acceptors (Lipinski definition) is 2. The molecule has 0 saturated heterocycles. The molecule has 2 aromatic rings. The fourth-order valence-corrected chi connectivity index (χ4v) is 2.72. The maximum atomic E-state index is 12.5. The molecule has 0 bridgehead atoms. The SMILES string of the molecule is C=C1c2ccccc2C(=O)N1c1ncc(Br)cc1C. The van der Waals surface area contributed by atoms with E-state index in [1.165, 1.54) is 0 Å². The predicted molar refractivity (Wildman–Crippen MR) is 79.0 cm³/mol. The van der Waals surface area contributed by atoms with Gasteiger partial charge in [-0.25, -0.2) is 4.98 Å². The van der Waals surface area contributed by atoms with Crippen LogP contribution in [0.2, 0.25) is 0 Å². The number of carbonyl (C=O) groups excluding carboxylic acids is 1. The third-order valence-corrected chi connectivity index (χ3v) is 3.60. The van der Waals surface area contributed by atoms with E-state index < -0.39 is 0 Å². The maximum Gasteiger partial charge on any atom is 0.264 e. The molecule has 0 atom stereocenters. The summed E-state index contributed by atoms with van der Waals surface area (Å²) in [6, 6.07) is 9.42. The van der Waals surface area contributed by atoms with Gasteiger partial charge in [-0.05, 0) is 40.5 Å². The van der Waals surface area contributed by atoms with Gasteiger partial charge in [0.2, 0.25) is 0 Å². The van der Waals surface area contributed by atoms with Crippen LogP contribution in [0.25, 0.3) is 5.70 Å². The molecule has 0 saturated carbocycles. The second-order valence-corrected chi connectivity index (χ2v) is 5.34. The summed E-state index contributed by atoms with van der Waals surface area (Å²) in [7, 11) is 0. The molecule has 0 unspecified atom stereocenters. The van der Waals surface area contributed by atoms with Crippen LogP contribution in [0.5, 0.6) is 0 Å². The molecule has 1 aromatic carbocycles. The van der Waals surface area contributed by atoms with Gasteiger partial charge in [-0.3, -0.25) is 9.69 Å². The quantitative estimate of drug-likeness (QED) is 0.802. The lowest BCUT2D eigenvalue weighted by atomic mass is 10.1. The zero-order chi connectivity index (χ0) is 13.6. The molecule has 19 heavy (non-hydrogen) atoms. The summed E-state index contributed by atoms with van der Waals surface area (Å²) in [5.41, 5.74) is 3.16. The number of aryl methyl sites for hydroxylation is 1. The van der Waals surface area contributed by atoms with E-state index in [9.17, 15) is 4.79 Å². The molecule has 3 nitrogen and oxygen atoms in total. The fourth-order valence-electron chi connectivity index (χ4n) is 2.28. The molecule has 0 fully saturated rings. The van der Waals surface area contributed by atoms with Crippen molar-refractivity contribution in [3.63, 3.8) is 0 Å². The van der Waals surface area contributed by atoms with Crippen molar-refractivity contribution < 1.29 is 4.79 Å². The molecule has 94 valence electrons. The Kier molecular flexibility index (Phi) is 2.75. The van der Waals surface area contributed by atoms with Gasteiger partial charge in [-0.15, -0.1) is 0 Å². The van der Waals surface area contributed by atoms with E-state index in [4.69, 9.17) is 0 Å². The predicted octanol–water partition coefficient (Wildman–Crippen LogP) is 3.78. The minimum absolute atomic E-state index is 0.0708. The number of anilines is 1. The number of hydrogen-bond donors (Lipinski definition) is 0. The van der Waals surface area contributed by atoms with E-state index in [0.29, 0.717) is 17.1 Å². The molecular weight excluding hydrogens is 304 g/mol. The topological polar surface area (TPSA) is 33.2 Å². The van der Waals surface area contributed by atoms with Crippen LogP contribution in [0.3, 0.4) is 0 Å². The van der Waals surface area contributed by atoms with Gasteiger partial charge in [0.25, 0.3) is 5.91 Å². The van der Waals surface area contributed by atoms with Crippen LogP contribution in [-0.4, -0.2) is 10.9 Å². The second-order valence-electron chi connectivity index (χ2n) is 4.43. The van der Waals surface area contributed by atoms with Crippen molar-refractivity contribution in [3.05, 3.63) is 64.3 Å². The Balaban J connectivity index is 2.14. The van der Waals surface area contributed by atoms with Gasteiger partial charge in [0, 0.05) is 21.8 Å². The summed E-state index contributed by atoms with van der Waals surface area (Å²) in [4.78, 5) is 18.4. The van der Waals surface area contributed by atoms with Crippen molar-refractivity contribution in [1.29, 1.82) is 0 Å². The summed E-state index contributed by atoms with van der Waals surface area (Å²) < 4.78 is 0.892. The first-order valence-electron chi connectivity index (χ1n) is 5.84. The minimum atomic E-state index is -0.0708. The number of nitrogens with zero attached hydrogens (tertiary/aromatic N) is 2.